The van der Waals surface area contributed by atoms with Gasteiger partial charge in [-0.15, -0.1) is 0 Å². The van der Waals surface area contributed by atoms with E-state index in [4.69, 9.17) is 4.74 Å². The summed E-state index contributed by atoms with van der Waals surface area (Å²) in [6.45, 7) is 3.28. The van der Waals surface area contributed by atoms with Crippen LogP contribution < -0.4 is 10.0 Å². The molecule has 0 unspecified atom stereocenters. The molecule has 0 radical (unpaired) electrons. The Morgan fingerprint density at radius 1 is 1.35 bits per heavy atom. The first-order valence-corrected chi connectivity index (χ1v) is 8.41. The highest BCUT2D eigenvalue weighted by molar-refractivity contribution is 7.89. The molecule has 112 valence electrons. The molecule has 2 N–H and O–H groups in total. The van der Waals surface area contributed by atoms with Crippen molar-refractivity contribution in [2.45, 2.75) is 43.4 Å². The summed E-state index contributed by atoms with van der Waals surface area (Å²) in [5.74, 6) is 0. The minimum absolute atomic E-state index is 0.00972. The predicted octanol–water partition coefficient (Wildman–Crippen LogP) is 1.25. The van der Waals surface area contributed by atoms with Crippen molar-refractivity contribution in [3.8, 4) is 0 Å². The fraction of sp³-hybridized carbons (Fsp3) is 0.571. The Labute approximate surface area is 120 Å². The van der Waals surface area contributed by atoms with Crippen LogP contribution in [-0.4, -0.2) is 34.2 Å². The molecule has 1 aromatic carbocycles. The minimum atomic E-state index is -3.43. The maximum Gasteiger partial charge on any atom is 0.240 e. The Kier molecular flexibility index (Phi) is 5.15. The van der Waals surface area contributed by atoms with E-state index in [1.807, 2.05) is 20.0 Å². The van der Waals surface area contributed by atoms with Gasteiger partial charge < -0.3 is 10.1 Å². The molecule has 1 aliphatic rings. The maximum atomic E-state index is 12.3. The predicted molar refractivity (Wildman–Crippen MR) is 78.0 cm³/mol. The lowest BCUT2D eigenvalue weighted by Crippen LogP contribution is -2.47. The van der Waals surface area contributed by atoms with Crippen LogP contribution in [0.15, 0.2) is 29.2 Å². The highest BCUT2D eigenvalue weighted by atomic mass is 32.2. The minimum Gasteiger partial charge on any atom is -0.378 e. The van der Waals surface area contributed by atoms with Crippen LogP contribution in [0.4, 0.5) is 0 Å². The van der Waals surface area contributed by atoms with Crippen molar-refractivity contribution in [3.05, 3.63) is 29.8 Å². The van der Waals surface area contributed by atoms with Crippen molar-refractivity contribution in [3.63, 3.8) is 0 Å². The van der Waals surface area contributed by atoms with Gasteiger partial charge in [0.25, 0.3) is 0 Å². The zero-order chi connectivity index (χ0) is 14.6. The molecule has 0 spiro atoms. The summed E-state index contributed by atoms with van der Waals surface area (Å²) in [6.07, 6.45) is 1.70. The second-order valence-corrected chi connectivity index (χ2v) is 6.76. The van der Waals surface area contributed by atoms with Crippen LogP contribution in [-0.2, 0) is 21.3 Å². The average Bonchev–Trinajstić information content (AvgIpc) is 2.37. The van der Waals surface area contributed by atoms with Gasteiger partial charge in [0.05, 0.1) is 11.0 Å². The molecule has 1 aromatic rings. The normalized spacial score (nSPS) is 22.5. The Bertz CT molecular complexity index is 539. The molecule has 1 aliphatic carbocycles. The number of hydrogen-bond acceptors (Lipinski definition) is 4. The van der Waals surface area contributed by atoms with Crippen LogP contribution in [0.2, 0.25) is 0 Å². The number of sulfonamides is 1. The first-order chi connectivity index (χ1) is 9.55. The molecule has 0 heterocycles. The van der Waals surface area contributed by atoms with E-state index in [1.165, 1.54) is 0 Å². The molecule has 20 heavy (non-hydrogen) atoms. The smallest absolute Gasteiger partial charge is 0.240 e. The van der Waals surface area contributed by atoms with Crippen molar-refractivity contribution in [2.24, 2.45) is 0 Å². The van der Waals surface area contributed by atoms with E-state index >= 15 is 0 Å². The summed E-state index contributed by atoms with van der Waals surface area (Å²) in [5, 5.41) is 3.01. The maximum absolute atomic E-state index is 12.3. The first-order valence-electron chi connectivity index (χ1n) is 6.92. The molecule has 0 aromatic heterocycles. The monoisotopic (exact) mass is 298 g/mol. The van der Waals surface area contributed by atoms with Crippen LogP contribution in [0, 0.1) is 0 Å². The summed E-state index contributed by atoms with van der Waals surface area (Å²) in [5.41, 5.74) is 0.955. The van der Waals surface area contributed by atoms with Crippen molar-refractivity contribution in [2.75, 3.05) is 13.7 Å². The average molecular weight is 298 g/mol. The van der Waals surface area contributed by atoms with Gasteiger partial charge in [0.15, 0.2) is 0 Å². The summed E-state index contributed by atoms with van der Waals surface area (Å²) in [6, 6.07) is 7.00. The lowest BCUT2D eigenvalue weighted by molar-refractivity contribution is -0.00475. The second kappa shape index (κ2) is 6.67. The third-order valence-corrected chi connectivity index (χ3v) is 4.93. The lowest BCUT2D eigenvalue weighted by Gasteiger charge is -2.35. The summed E-state index contributed by atoms with van der Waals surface area (Å²) in [7, 11) is -1.60. The Morgan fingerprint density at radius 2 is 2.10 bits per heavy atom. The molecule has 0 atom stereocenters. The van der Waals surface area contributed by atoms with Crippen molar-refractivity contribution >= 4 is 10.0 Å². The van der Waals surface area contributed by atoms with E-state index in [9.17, 15) is 8.42 Å². The van der Waals surface area contributed by atoms with E-state index in [0.29, 0.717) is 18.0 Å². The Morgan fingerprint density at radius 3 is 2.75 bits per heavy atom. The van der Waals surface area contributed by atoms with E-state index in [1.54, 1.807) is 18.2 Å². The van der Waals surface area contributed by atoms with E-state index in [2.05, 4.69) is 10.0 Å². The lowest BCUT2D eigenvalue weighted by atomic mass is 9.90. The van der Waals surface area contributed by atoms with Crippen LogP contribution in [0.3, 0.4) is 0 Å². The quantitative estimate of drug-likeness (QED) is 0.795. The molecular formula is C14H22N2O3S. The number of benzene rings is 1. The topological polar surface area (TPSA) is 67.4 Å². The fourth-order valence-corrected chi connectivity index (χ4v) is 3.68. The van der Waals surface area contributed by atoms with Gasteiger partial charge in [-0.25, -0.2) is 13.1 Å². The van der Waals surface area contributed by atoms with Gasteiger partial charge in [-0.05, 0) is 44.5 Å². The van der Waals surface area contributed by atoms with Gasteiger partial charge >= 0.3 is 0 Å². The molecule has 0 bridgehead atoms. The number of hydrogen-bond donors (Lipinski definition) is 2. The molecular weight excluding hydrogens is 276 g/mol. The molecule has 1 fully saturated rings. The number of rotatable bonds is 7. The molecule has 0 amide bonds. The SMILES string of the molecule is CCOC1CC(NS(=O)(=O)c2cccc(CNC)c2)C1. The van der Waals surface area contributed by atoms with Gasteiger partial charge in [-0.2, -0.15) is 0 Å². The zero-order valence-electron chi connectivity index (χ0n) is 11.9. The van der Waals surface area contributed by atoms with Crippen molar-refractivity contribution in [1.29, 1.82) is 0 Å². The Balaban J connectivity index is 1.98. The van der Waals surface area contributed by atoms with Crippen LogP contribution in [0.5, 0.6) is 0 Å². The molecule has 0 aliphatic heterocycles. The molecule has 0 saturated heterocycles. The van der Waals surface area contributed by atoms with E-state index in [0.717, 1.165) is 18.4 Å². The van der Waals surface area contributed by atoms with Gasteiger partial charge in [0.1, 0.15) is 0 Å². The zero-order valence-corrected chi connectivity index (χ0v) is 12.7. The number of nitrogens with one attached hydrogen (secondary N) is 2. The first kappa shape index (κ1) is 15.4. The van der Waals surface area contributed by atoms with Gasteiger partial charge in [-0.1, -0.05) is 12.1 Å². The van der Waals surface area contributed by atoms with Gasteiger partial charge in [0.2, 0.25) is 10.0 Å². The van der Waals surface area contributed by atoms with Crippen molar-refractivity contribution < 1.29 is 13.2 Å². The van der Waals surface area contributed by atoms with Crippen LogP contribution in [0.25, 0.3) is 0 Å². The standard InChI is InChI=1S/C14H22N2O3S/c1-3-19-13-8-12(9-13)16-20(17,18)14-6-4-5-11(7-14)10-15-2/h4-7,12-13,15-16H,3,8-10H2,1-2H3. The molecule has 1 saturated carbocycles. The third-order valence-electron chi connectivity index (χ3n) is 3.41. The van der Waals surface area contributed by atoms with Gasteiger partial charge in [-0.3, -0.25) is 0 Å². The molecule has 2 rings (SSSR count). The number of ether oxygens (including phenoxy) is 1. The highest BCUT2D eigenvalue weighted by Gasteiger charge is 2.33. The largest absolute Gasteiger partial charge is 0.378 e. The fourth-order valence-electron chi connectivity index (χ4n) is 2.35. The van der Waals surface area contributed by atoms with E-state index in [-0.39, 0.29) is 12.1 Å². The molecule has 5 nitrogen and oxygen atoms in total. The highest BCUT2D eigenvalue weighted by Crippen LogP contribution is 2.25. The van der Waals surface area contributed by atoms with E-state index < -0.39 is 10.0 Å². The Hall–Kier alpha value is -0.950. The molecule has 6 heteroatoms. The summed E-state index contributed by atoms with van der Waals surface area (Å²) >= 11 is 0. The second-order valence-electron chi connectivity index (χ2n) is 5.04. The summed E-state index contributed by atoms with van der Waals surface area (Å²) < 4.78 is 32.7. The van der Waals surface area contributed by atoms with Crippen LogP contribution >= 0.6 is 0 Å². The third kappa shape index (κ3) is 3.79. The van der Waals surface area contributed by atoms with Crippen molar-refractivity contribution in [1.82, 2.24) is 10.0 Å². The summed E-state index contributed by atoms with van der Waals surface area (Å²) in [4.78, 5) is 0.324. The van der Waals surface area contributed by atoms with Gasteiger partial charge in [0, 0.05) is 19.2 Å². The van der Waals surface area contributed by atoms with Crippen LogP contribution in [0.1, 0.15) is 25.3 Å².